The lowest BCUT2D eigenvalue weighted by Crippen LogP contribution is -2.40. The van der Waals surface area contributed by atoms with Crippen molar-refractivity contribution in [2.75, 3.05) is 39.4 Å². The van der Waals surface area contributed by atoms with Crippen molar-refractivity contribution in [3.05, 3.63) is 38.3 Å². The summed E-state index contributed by atoms with van der Waals surface area (Å²) in [5.74, 6) is 0. The number of halogens is 1. The molecule has 20 heavy (non-hydrogen) atoms. The molecule has 1 fully saturated rings. The van der Waals surface area contributed by atoms with Gasteiger partial charge in [0.1, 0.15) is 0 Å². The maximum Gasteiger partial charge on any atom is 0.273 e. The lowest BCUT2D eigenvalue weighted by molar-refractivity contribution is -0.385. The highest BCUT2D eigenvalue weighted by molar-refractivity contribution is 9.10. The highest BCUT2D eigenvalue weighted by atomic mass is 79.9. The average Bonchev–Trinajstić information content (AvgIpc) is 2.44. The summed E-state index contributed by atoms with van der Waals surface area (Å²) in [7, 11) is 0. The predicted molar refractivity (Wildman–Crippen MR) is 79.8 cm³/mol. The van der Waals surface area contributed by atoms with Gasteiger partial charge in [-0.2, -0.15) is 0 Å². The van der Waals surface area contributed by atoms with Crippen molar-refractivity contribution in [3.63, 3.8) is 0 Å². The van der Waals surface area contributed by atoms with Crippen molar-refractivity contribution in [3.8, 4) is 0 Å². The Balaban J connectivity index is 1.81. The number of hydrogen-bond acceptors (Lipinski definition) is 5. The van der Waals surface area contributed by atoms with Crippen molar-refractivity contribution in [1.29, 1.82) is 0 Å². The van der Waals surface area contributed by atoms with Crippen LogP contribution in [0.3, 0.4) is 0 Å². The zero-order valence-corrected chi connectivity index (χ0v) is 12.8. The molecule has 1 heterocycles. The van der Waals surface area contributed by atoms with Crippen LogP contribution in [0.1, 0.15) is 5.56 Å². The smallest absolute Gasteiger partial charge is 0.273 e. The van der Waals surface area contributed by atoms with E-state index in [1.54, 1.807) is 12.1 Å². The molecule has 7 heteroatoms. The molecule has 0 unspecified atom stereocenters. The molecule has 1 N–H and O–H groups in total. The lowest BCUT2D eigenvalue weighted by Gasteiger charge is -2.26. The standard InChI is InChI=1S/C13H18BrN3O3/c14-12-1-2-13(17(18)19)11(9-12)10-15-3-4-16-5-7-20-8-6-16/h1-2,9,15H,3-8,10H2. The minimum absolute atomic E-state index is 0.159. The topological polar surface area (TPSA) is 67.6 Å². The number of nitrogens with zero attached hydrogens (tertiary/aromatic N) is 2. The van der Waals surface area contributed by atoms with Gasteiger partial charge in [0.05, 0.1) is 18.1 Å². The van der Waals surface area contributed by atoms with Crippen LogP contribution in [0.15, 0.2) is 22.7 Å². The van der Waals surface area contributed by atoms with Gasteiger partial charge in [-0.1, -0.05) is 15.9 Å². The minimum Gasteiger partial charge on any atom is -0.379 e. The third-order valence-electron chi connectivity index (χ3n) is 3.26. The number of rotatable bonds is 6. The summed E-state index contributed by atoms with van der Waals surface area (Å²) >= 11 is 3.34. The first-order valence-corrected chi connectivity index (χ1v) is 7.40. The molecule has 1 aromatic carbocycles. The SMILES string of the molecule is O=[N+]([O-])c1ccc(Br)cc1CNCCN1CCOCC1. The second-order valence-electron chi connectivity index (χ2n) is 4.66. The number of hydrogen-bond donors (Lipinski definition) is 1. The van der Waals surface area contributed by atoms with E-state index in [4.69, 9.17) is 4.74 Å². The van der Waals surface area contributed by atoms with Crippen molar-refractivity contribution < 1.29 is 9.66 Å². The summed E-state index contributed by atoms with van der Waals surface area (Å²) in [6.07, 6.45) is 0. The average molecular weight is 344 g/mol. The van der Waals surface area contributed by atoms with Gasteiger partial charge in [-0.05, 0) is 12.1 Å². The number of benzene rings is 1. The number of nitro groups is 1. The van der Waals surface area contributed by atoms with E-state index in [0.29, 0.717) is 12.1 Å². The van der Waals surface area contributed by atoms with E-state index in [9.17, 15) is 10.1 Å². The first-order chi connectivity index (χ1) is 9.66. The fourth-order valence-electron chi connectivity index (χ4n) is 2.16. The van der Waals surface area contributed by atoms with Gasteiger partial charge in [0.25, 0.3) is 5.69 Å². The second kappa shape index (κ2) is 7.68. The van der Waals surface area contributed by atoms with Gasteiger partial charge in [-0.25, -0.2) is 0 Å². The number of morpholine rings is 1. The molecule has 0 amide bonds. The van der Waals surface area contributed by atoms with Gasteiger partial charge in [-0.3, -0.25) is 15.0 Å². The van der Waals surface area contributed by atoms with Crippen molar-refractivity contribution >= 4 is 21.6 Å². The molecule has 6 nitrogen and oxygen atoms in total. The van der Waals surface area contributed by atoms with Crippen molar-refractivity contribution in [2.24, 2.45) is 0 Å². The van der Waals surface area contributed by atoms with Gasteiger partial charge in [0, 0.05) is 48.8 Å². The molecule has 0 radical (unpaired) electrons. The van der Waals surface area contributed by atoms with Crippen LogP contribution < -0.4 is 5.32 Å². The van der Waals surface area contributed by atoms with Gasteiger partial charge in [0.2, 0.25) is 0 Å². The Hall–Kier alpha value is -1.02. The van der Waals surface area contributed by atoms with Gasteiger partial charge >= 0.3 is 0 Å². The summed E-state index contributed by atoms with van der Waals surface area (Å²) in [5, 5.41) is 14.2. The van der Waals surface area contributed by atoms with Gasteiger partial charge in [0.15, 0.2) is 0 Å². The van der Waals surface area contributed by atoms with E-state index < -0.39 is 0 Å². The Kier molecular flexibility index (Phi) is 5.90. The van der Waals surface area contributed by atoms with Crippen LogP contribution in [0.25, 0.3) is 0 Å². The van der Waals surface area contributed by atoms with Crippen LogP contribution in [-0.4, -0.2) is 49.2 Å². The second-order valence-corrected chi connectivity index (χ2v) is 5.58. The first kappa shape index (κ1) is 15.4. The largest absolute Gasteiger partial charge is 0.379 e. The maximum atomic E-state index is 11.0. The summed E-state index contributed by atoms with van der Waals surface area (Å²) < 4.78 is 6.14. The molecule has 0 atom stereocenters. The maximum absolute atomic E-state index is 11.0. The Morgan fingerprint density at radius 2 is 2.15 bits per heavy atom. The molecule has 0 saturated carbocycles. The molecule has 1 aromatic rings. The molecule has 110 valence electrons. The predicted octanol–water partition coefficient (Wildman–Crippen LogP) is 1.78. The third kappa shape index (κ3) is 4.52. The van der Waals surface area contributed by atoms with Crippen LogP contribution in [0.4, 0.5) is 5.69 Å². The highest BCUT2D eigenvalue weighted by Gasteiger charge is 2.14. The van der Waals surface area contributed by atoms with E-state index in [-0.39, 0.29) is 10.6 Å². The Morgan fingerprint density at radius 1 is 1.40 bits per heavy atom. The quantitative estimate of drug-likeness (QED) is 0.484. The van der Waals surface area contributed by atoms with E-state index >= 15 is 0 Å². The summed E-state index contributed by atoms with van der Waals surface area (Å²) in [4.78, 5) is 12.9. The van der Waals surface area contributed by atoms with Crippen molar-refractivity contribution in [2.45, 2.75) is 6.54 Å². The van der Waals surface area contributed by atoms with E-state index in [1.807, 2.05) is 0 Å². The molecular formula is C13H18BrN3O3. The Bertz CT molecular complexity index is 464. The normalized spacial score (nSPS) is 16.2. The molecule has 0 aliphatic carbocycles. The lowest BCUT2D eigenvalue weighted by atomic mass is 10.2. The Morgan fingerprint density at radius 3 is 2.85 bits per heavy atom. The summed E-state index contributed by atoms with van der Waals surface area (Å²) in [6.45, 7) is 5.74. The fourth-order valence-corrected chi connectivity index (χ4v) is 2.57. The minimum atomic E-state index is -0.342. The third-order valence-corrected chi connectivity index (χ3v) is 3.76. The molecule has 1 saturated heterocycles. The fraction of sp³-hybridized carbons (Fsp3) is 0.538. The van der Waals surface area contributed by atoms with E-state index in [1.165, 1.54) is 6.07 Å². The molecule has 1 aliphatic heterocycles. The monoisotopic (exact) mass is 343 g/mol. The van der Waals surface area contributed by atoms with Crippen LogP contribution in [-0.2, 0) is 11.3 Å². The number of nitro benzene ring substituents is 1. The zero-order chi connectivity index (χ0) is 14.4. The number of ether oxygens (including phenoxy) is 1. The molecule has 0 aromatic heterocycles. The van der Waals surface area contributed by atoms with Gasteiger partial charge < -0.3 is 10.1 Å². The molecule has 2 rings (SSSR count). The molecule has 0 bridgehead atoms. The molecule has 1 aliphatic rings. The van der Waals surface area contributed by atoms with Crippen LogP contribution in [0.5, 0.6) is 0 Å². The molecular weight excluding hydrogens is 326 g/mol. The van der Waals surface area contributed by atoms with Crippen molar-refractivity contribution in [1.82, 2.24) is 10.2 Å². The van der Waals surface area contributed by atoms with Crippen LogP contribution in [0, 0.1) is 10.1 Å². The van der Waals surface area contributed by atoms with Crippen LogP contribution in [0.2, 0.25) is 0 Å². The summed E-state index contributed by atoms with van der Waals surface area (Å²) in [6, 6.07) is 5.01. The summed E-state index contributed by atoms with van der Waals surface area (Å²) in [5.41, 5.74) is 0.860. The molecule has 0 spiro atoms. The first-order valence-electron chi connectivity index (χ1n) is 6.60. The number of nitrogens with one attached hydrogen (secondary N) is 1. The van der Waals surface area contributed by atoms with E-state index in [2.05, 4.69) is 26.1 Å². The zero-order valence-electron chi connectivity index (χ0n) is 11.2. The highest BCUT2D eigenvalue weighted by Crippen LogP contribution is 2.22. The Labute approximate surface area is 126 Å². The van der Waals surface area contributed by atoms with Gasteiger partial charge in [-0.15, -0.1) is 0 Å². The van der Waals surface area contributed by atoms with E-state index in [0.717, 1.165) is 43.9 Å². The van der Waals surface area contributed by atoms with Crippen LogP contribution >= 0.6 is 15.9 Å².